The van der Waals surface area contributed by atoms with Crippen LogP contribution in [-0.2, 0) is 0 Å². The number of nitrogens with zero attached hydrogens (tertiary/aromatic N) is 2. The van der Waals surface area contributed by atoms with Crippen molar-refractivity contribution >= 4 is 5.82 Å². The van der Waals surface area contributed by atoms with Gasteiger partial charge in [-0.3, -0.25) is 4.98 Å². The van der Waals surface area contributed by atoms with E-state index in [1.54, 1.807) is 0 Å². The summed E-state index contributed by atoms with van der Waals surface area (Å²) in [6, 6.07) is 3.25. The molecule has 0 fully saturated rings. The van der Waals surface area contributed by atoms with Crippen LogP contribution >= 0.6 is 0 Å². The summed E-state index contributed by atoms with van der Waals surface area (Å²) in [7, 11) is 0. The molecule has 0 unspecified atom stereocenters. The van der Waals surface area contributed by atoms with Crippen molar-refractivity contribution in [2.75, 3.05) is 5.73 Å². The molecule has 2 rings (SSSR count). The lowest BCUT2D eigenvalue weighted by molar-refractivity contribution is 0.585. The Morgan fingerprint density at radius 2 is 1.93 bits per heavy atom. The van der Waals surface area contributed by atoms with E-state index in [1.165, 1.54) is 18.5 Å². The lowest BCUT2D eigenvalue weighted by Gasteiger charge is -2.02. The smallest absolute Gasteiger partial charge is 0.142 e. The van der Waals surface area contributed by atoms with Gasteiger partial charge < -0.3 is 5.73 Å². The third kappa shape index (κ3) is 1.90. The van der Waals surface area contributed by atoms with E-state index in [2.05, 4.69) is 9.97 Å². The van der Waals surface area contributed by atoms with Crippen molar-refractivity contribution in [1.82, 2.24) is 9.97 Å². The Balaban J connectivity index is 2.54. The number of hydrogen-bond donors (Lipinski definition) is 1. The zero-order valence-electron chi connectivity index (χ0n) is 7.61. The highest BCUT2D eigenvalue weighted by molar-refractivity contribution is 5.60. The van der Waals surface area contributed by atoms with E-state index in [4.69, 9.17) is 5.73 Å². The van der Waals surface area contributed by atoms with Gasteiger partial charge in [0, 0.05) is 11.6 Å². The maximum atomic E-state index is 13.3. The van der Waals surface area contributed by atoms with Crippen LogP contribution in [0.1, 0.15) is 0 Å². The highest BCUT2D eigenvalue weighted by atomic mass is 19.1. The maximum absolute atomic E-state index is 13.3. The summed E-state index contributed by atoms with van der Waals surface area (Å²) < 4.78 is 26.0. The van der Waals surface area contributed by atoms with E-state index in [-0.39, 0.29) is 17.1 Å². The number of rotatable bonds is 1. The topological polar surface area (TPSA) is 51.8 Å². The number of halogens is 2. The standard InChI is InChI=1S/C10H7F2N3/c11-6-1-2-7(8(12)3-6)9-4-14-5-10(13)15-9/h1-5H,(H2,13,15). The van der Waals surface area contributed by atoms with Crippen molar-refractivity contribution in [3.05, 3.63) is 42.2 Å². The second-order valence-corrected chi connectivity index (χ2v) is 2.95. The Morgan fingerprint density at radius 1 is 1.13 bits per heavy atom. The quantitative estimate of drug-likeness (QED) is 0.778. The van der Waals surface area contributed by atoms with Crippen LogP contribution in [0.5, 0.6) is 0 Å². The molecule has 0 atom stereocenters. The van der Waals surface area contributed by atoms with Crippen LogP contribution in [0.25, 0.3) is 11.3 Å². The Hall–Kier alpha value is -2.04. The number of aromatic nitrogens is 2. The van der Waals surface area contributed by atoms with Crippen LogP contribution in [0.4, 0.5) is 14.6 Å². The molecule has 0 radical (unpaired) electrons. The van der Waals surface area contributed by atoms with E-state index in [1.807, 2.05) is 0 Å². The molecule has 2 N–H and O–H groups in total. The molecule has 2 aromatic rings. The molecule has 0 amide bonds. The van der Waals surface area contributed by atoms with Gasteiger partial charge in [0.2, 0.25) is 0 Å². The van der Waals surface area contributed by atoms with Crippen LogP contribution < -0.4 is 5.73 Å². The second kappa shape index (κ2) is 3.61. The van der Waals surface area contributed by atoms with E-state index >= 15 is 0 Å². The average molecular weight is 207 g/mol. The van der Waals surface area contributed by atoms with Crippen LogP contribution in [0, 0.1) is 11.6 Å². The summed E-state index contributed by atoms with van der Waals surface area (Å²) in [5.41, 5.74) is 5.87. The molecule has 0 aliphatic carbocycles. The molecule has 3 nitrogen and oxygen atoms in total. The minimum Gasteiger partial charge on any atom is -0.382 e. The molecule has 0 saturated carbocycles. The fourth-order valence-corrected chi connectivity index (χ4v) is 1.21. The van der Waals surface area contributed by atoms with E-state index < -0.39 is 11.6 Å². The van der Waals surface area contributed by atoms with Crippen molar-refractivity contribution < 1.29 is 8.78 Å². The highest BCUT2D eigenvalue weighted by Crippen LogP contribution is 2.21. The first-order valence-corrected chi connectivity index (χ1v) is 4.20. The van der Waals surface area contributed by atoms with Gasteiger partial charge in [-0.25, -0.2) is 13.8 Å². The SMILES string of the molecule is Nc1cncc(-c2ccc(F)cc2F)n1. The van der Waals surface area contributed by atoms with Crippen molar-refractivity contribution in [1.29, 1.82) is 0 Å². The zero-order valence-corrected chi connectivity index (χ0v) is 7.61. The molecule has 0 aliphatic rings. The summed E-state index contributed by atoms with van der Waals surface area (Å²) in [5.74, 6) is -1.13. The van der Waals surface area contributed by atoms with Crippen LogP contribution in [0.15, 0.2) is 30.6 Å². The number of anilines is 1. The summed E-state index contributed by atoms with van der Waals surface area (Å²) >= 11 is 0. The molecule has 15 heavy (non-hydrogen) atoms. The highest BCUT2D eigenvalue weighted by Gasteiger charge is 2.07. The predicted molar refractivity (Wildman–Crippen MR) is 51.8 cm³/mol. The first kappa shape index (κ1) is 9.51. The Kier molecular flexibility index (Phi) is 2.29. The second-order valence-electron chi connectivity index (χ2n) is 2.95. The van der Waals surface area contributed by atoms with Gasteiger partial charge in [0.15, 0.2) is 0 Å². The van der Waals surface area contributed by atoms with Crippen molar-refractivity contribution in [2.45, 2.75) is 0 Å². The maximum Gasteiger partial charge on any atom is 0.142 e. The molecule has 1 aromatic carbocycles. The summed E-state index contributed by atoms with van der Waals surface area (Å²) in [4.78, 5) is 7.66. The third-order valence-electron chi connectivity index (χ3n) is 1.86. The zero-order chi connectivity index (χ0) is 10.8. The summed E-state index contributed by atoms with van der Waals surface area (Å²) in [6.07, 6.45) is 2.72. The number of hydrogen-bond acceptors (Lipinski definition) is 3. The lowest BCUT2D eigenvalue weighted by Crippen LogP contribution is -1.95. The van der Waals surface area contributed by atoms with Gasteiger partial charge in [0.25, 0.3) is 0 Å². The van der Waals surface area contributed by atoms with E-state index in [0.717, 1.165) is 12.1 Å². The molecule has 1 heterocycles. The van der Waals surface area contributed by atoms with Crippen LogP contribution in [0.3, 0.4) is 0 Å². The van der Waals surface area contributed by atoms with Gasteiger partial charge in [0.1, 0.15) is 17.5 Å². The summed E-state index contributed by atoms with van der Waals surface area (Å²) in [5, 5.41) is 0. The Labute approximate surface area is 84.6 Å². The molecule has 5 heteroatoms. The molecule has 0 bridgehead atoms. The third-order valence-corrected chi connectivity index (χ3v) is 1.86. The molecule has 0 spiro atoms. The minimum absolute atomic E-state index is 0.177. The summed E-state index contributed by atoms with van der Waals surface area (Å²) in [6.45, 7) is 0. The molecule has 0 aliphatic heterocycles. The van der Waals surface area contributed by atoms with Crippen molar-refractivity contribution in [3.63, 3.8) is 0 Å². The van der Waals surface area contributed by atoms with Gasteiger partial charge in [-0.1, -0.05) is 0 Å². The Bertz CT molecular complexity index is 500. The van der Waals surface area contributed by atoms with Crippen LogP contribution in [-0.4, -0.2) is 9.97 Å². The van der Waals surface area contributed by atoms with Crippen molar-refractivity contribution in [2.24, 2.45) is 0 Å². The van der Waals surface area contributed by atoms with Gasteiger partial charge >= 0.3 is 0 Å². The first-order valence-electron chi connectivity index (χ1n) is 4.20. The predicted octanol–water partition coefficient (Wildman–Crippen LogP) is 2.00. The minimum atomic E-state index is -0.685. The normalized spacial score (nSPS) is 10.3. The van der Waals surface area contributed by atoms with Gasteiger partial charge in [-0.15, -0.1) is 0 Å². The fourth-order valence-electron chi connectivity index (χ4n) is 1.21. The molecule has 0 saturated heterocycles. The van der Waals surface area contributed by atoms with E-state index in [9.17, 15) is 8.78 Å². The number of nitrogen functional groups attached to an aromatic ring is 1. The van der Waals surface area contributed by atoms with Crippen molar-refractivity contribution in [3.8, 4) is 11.3 Å². The average Bonchev–Trinajstić information content (AvgIpc) is 2.17. The molecular formula is C10H7F2N3. The van der Waals surface area contributed by atoms with Gasteiger partial charge in [-0.2, -0.15) is 0 Å². The van der Waals surface area contributed by atoms with Crippen LogP contribution in [0.2, 0.25) is 0 Å². The van der Waals surface area contributed by atoms with Gasteiger partial charge in [-0.05, 0) is 12.1 Å². The fraction of sp³-hybridized carbons (Fsp3) is 0. The molecular weight excluding hydrogens is 200 g/mol. The first-order chi connectivity index (χ1) is 7.16. The number of nitrogens with two attached hydrogens (primary N) is 1. The molecule has 1 aromatic heterocycles. The molecule has 76 valence electrons. The lowest BCUT2D eigenvalue weighted by atomic mass is 10.1. The Morgan fingerprint density at radius 3 is 2.60 bits per heavy atom. The number of benzene rings is 1. The largest absolute Gasteiger partial charge is 0.382 e. The van der Waals surface area contributed by atoms with E-state index in [0.29, 0.717) is 0 Å². The van der Waals surface area contributed by atoms with Gasteiger partial charge in [0.05, 0.1) is 18.1 Å². The monoisotopic (exact) mass is 207 g/mol.